The molecule has 3 aromatic carbocycles. The summed E-state index contributed by atoms with van der Waals surface area (Å²) in [5, 5.41) is 9.65. The predicted molar refractivity (Wildman–Crippen MR) is 131 cm³/mol. The lowest BCUT2D eigenvalue weighted by atomic mass is 10.0. The second kappa shape index (κ2) is 8.99. The molecule has 2 heterocycles. The fraction of sp³-hybridized carbons (Fsp3) is 0.120. The molecule has 0 saturated carbocycles. The van der Waals surface area contributed by atoms with Crippen molar-refractivity contribution in [1.29, 1.82) is 0 Å². The second-order valence-electron chi connectivity index (χ2n) is 7.69. The van der Waals surface area contributed by atoms with Gasteiger partial charge in [0.1, 0.15) is 11.7 Å². The first kappa shape index (κ1) is 21.1. The molecule has 7 nitrogen and oxygen atoms in total. The number of fused-ring (bicyclic) bond motifs is 2. The van der Waals surface area contributed by atoms with Gasteiger partial charge in [0.2, 0.25) is 0 Å². The number of amides is 1. The zero-order valence-electron chi connectivity index (χ0n) is 17.6. The van der Waals surface area contributed by atoms with Crippen molar-refractivity contribution in [3.05, 3.63) is 105 Å². The van der Waals surface area contributed by atoms with Crippen LogP contribution in [0.3, 0.4) is 0 Å². The van der Waals surface area contributed by atoms with Gasteiger partial charge in [-0.05, 0) is 34.5 Å². The van der Waals surface area contributed by atoms with Gasteiger partial charge in [0.25, 0.3) is 11.5 Å². The van der Waals surface area contributed by atoms with Gasteiger partial charge in [-0.2, -0.15) is 5.10 Å². The lowest BCUT2D eigenvalue weighted by molar-refractivity contribution is 0.0953. The highest BCUT2D eigenvalue weighted by molar-refractivity contribution is 9.10. The molecule has 0 aliphatic carbocycles. The van der Waals surface area contributed by atoms with Crippen molar-refractivity contribution >= 4 is 43.6 Å². The van der Waals surface area contributed by atoms with Gasteiger partial charge in [0.05, 0.1) is 19.3 Å². The third-order valence-electron chi connectivity index (χ3n) is 5.53. The van der Waals surface area contributed by atoms with Crippen molar-refractivity contribution < 1.29 is 4.79 Å². The van der Waals surface area contributed by atoms with Crippen molar-refractivity contribution in [2.75, 3.05) is 6.54 Å². The van der Waals surface area contributed by atoms with Crippen molar-refractivity contribution in [1.82, 2.24) is 24.6 Å². The van der Waals surface area contributed by atoms with Crippen molar-refractivity contribution in [3.8, 4) is 0 Å². The molecule has 0 aliphatic heterocycles. The molecular formula is C25H20BrN5O2. The molecule has 0 atom stereocenters. The Kier molecular flexibility index (Phi) is 5.75. The molecule has 1 N–H and O–H groups in total. The number of halogens is 1. The van der Waals surface area contributed by atoms with E-state index in [2.05, 4.69) is 31.3 Å². The number of benzene rings is 3. The van der Waals surface area contributed by atoms with Gasteiger partial charge >= 0.3 is 0 Å². The highest BCUT2D eigenvalue weighted by atomic mass is 79.9. The van der Waals surface area contributed by atoms with E-state index in [1.165, 1.54) is 6.20 Å². The highest BCUT2D eigenvalue weighted by Crippen LogP contribution is 2.18. The first-order chi connectivity index (χ1) is 16.1. The van der Waals surface area contributed by atoms with Crippen molar-refractivity contribution in [2.24, 2.45) is 0 Å². The van der Waals surface area contributed by atoms with Crippen LogP contribution < -0.4 is 10.9 Å². The summed E-state index contributed by atoms with van der Waals surface area (Å²) in [4.78, 5) is 30.1. The molecule has 33 heavy (non-hydrogen) atoms. The van der Waals surface area contributed by atoms with E-state index in [0.29, 0.717) is 36.2 Å². The summed E-state index contributed by atoms with van der Waals surface area (Å²) in [6, 6.07) is 21.3. The summed E-state index contributed by atoms with van der Waals surface area (Å²) < 4.78 is 4.20. The molecule has 0 radical (unpaired) electrons. The molecule has 5 aromatic rings. The molecule has 2 aromatic heterocycles. The molecule has 164 valence electrons. The number of rotatable bonds is 6. The Bertz CT molecular complexity index is 1520. The minimum Gasteiger partial charge on any atom is -0.350 e. The number of nitrogens with one attached hydrogen (secondary N) is 1. The molecule has 0 bridgehead atoms. The third-order valence-corrected chi connectivity index (χ3v) is 6.06. The summed E-state index contributed by atoms with van der Waals surface area (Å²) >= 11 is 3.42. The Labute approximate surface area is 197 Å². The summed E-state index contributed by atoms with van der Waals surface area (Å²) in [5.74, 6) is -0.145. The number of hydrogen-bond donors (Lipinski definition) is 1. The lowest BCUT2D eigenvalue weighted by Gasteiger charge is -2.09. The van der Waals surface area contributed by atoms with E-state index < -0.39 is 0 Å². The van der Waals surface area contributed by atoms with Crippen LogP contribution in [0.4, 0.5) is 0 Å². The van der Waals surface area contributed by atoms with E-state index in [4.69, 9.17) is 0 Å². The van der Waals surface area contributed by atoms with E-state index in [-0.39, 0.29) is 11.5 Å². The van der Waals surface area contributed by atoms with Gasteiger partial charge < -0.3 is 5.32 Å². The Morgan fingerprint density at radius 3 is 2.61 bits per heavy atom. The second-order valence-corrected chi connectivity index (χ2v) is 8.61. The Hall–Kier alpha value is -3.78. The summed E-state index contributed by atoms with van der Waals surface area (Å²) in [6.07, 6.45) is 3.08. The lowest BCUT2D eigenvalue weighted by Crippen LogP contribution is -2.28. The summed E-state index contributed by atoms with van der Waals surface area (Å²) in [6.45, 7) is 1.20. The number of carbonyl (C=O) groups is 1. The van der Waals surface area contributed by atoms with Crippen molar-refractivity contribution in [2.45, 2.75) is 13.1 Å². The standard InChI is InChI=1S/C25H20BrN5O2/c26-19-10-8-17(9-11-19)15-30-16-28-23-22(25(30)33)14-29-31(23)13-12-27-24(32)21-7-3-5-18-4-1-2-6-20(18)21/h1-11,14,16H,12-13,15H2,(H,27,32). The number of nitrogens with zero attached hydrogens (tertiary/aromatic N) is 4. The third kappa shape index (κ3) is 4.29. The first-order valence-electron chi connectivity index (χ1n) is 10.5. The molecule has 0 saturated heterocycles. The fourth-order valence-corrected chi connectivity index (χ4v) is 4.12. The number of carbonyl (C=O) groups excluding carboxylic acids is 1. The maximum atomic E-state index is 12.9. The van der Waals surface area contributed by atoms with Gasteiger partial charge in [-0.25, -0.2) is 9.67 Å². The maximum absolute atomic E-state index is 12.9. The predicted octanol–water partition coefficient (Wildman–Crippen LogP) is 3.99. The average molecular weight is 502 g/mol. The van der Waals surface area contributed by atoms with Gasteiger partial charge in [-0.15, -0.1) is 0 Å². The molecular weight excluding hydrogens is 482 g/mol. The average Bonchev–Trinajstić information content (AvgIpc) is 3.25. The normalized spacial score (nSPS) is 11.2. The smallest absolute Gasteiger partial charge is 0.264 e. The molecule has 0 spiro atoms. The van der Waals surface area contributed by atoms with E-state index in [9.17, 15) is 9.59 Å². The van der Waals surface area contributed by atoms with Gasteiger partial charge in [0, 0.05) is 16.6 Å². The van der Waals surface area contributed by atoms with Crippen LogP contribution in [0.15, 0.2) is 88.5 Å². The molecule has 0 aliphatic rings. The zero-order valence-corrected chi connectivity index (χ0v) is 19.2. The zero-order chi connectivity index (χ0) is 22.8. The Morgan fingerprint density at radius 1 is 0.970 bits per heavy atom. The van der Waals surface area contributed by atoms with Crippen LogP contribution in [0.25, 0.3) is 21.8 Å². The Morgan fingerprint density at radius 2 is 1.76 bits per heavy atom. The highest BCUT2D eigenvalue weighted by Gasteiger charge is 2.12. The quantitative estimate of drug-likeness (QED) is 0.381. The van der Waals surface area contributed by atoms with E-state index in [0.717, 1.165) is 20.8 Å². The van der Waals surface area contributed by atoms with E-state index >= 15 is 0 Å². The van der Waals surface area contributed by atoms with Crippen LogP contribution in [0.5, 0.6) is 0 Å². The fourth-order valence-electron chi connectivity index (χ4n) is 3.85. The molecule has 8 heteroatoms. The van der Waals surface area contributed by atoms with Crippen molar-refractivity contribution in [3.63, 3.8) is 0 Å². The minimum absolute atomic E-state index is 0.144. The summed E-state index contributed by atoms with van der Waals surface area (Å²) in [7, 11) is 0. The van der Waals surface area contributed by atoms with Crippen LogP contribution in [-0.4, -0.2) is 31.8 Å². The molecule has 5 rings (SSSR count). The SMILES string of the molecule is O=C(NCCn1ncc2c(=O)n(Cc3ccc(Br)cc3)cnc21)c1cccc2ccccc12. The number of aromatic nitrogens is 4. The van der Waals surface area contributed by atoms with Crippen LogP contribution in [0.2, 0.25) is 0 Å². The van der Waals surface area contributed by atoms with Gasteiger partial charge in [-0.3, -0.25) is 14.2 Å². The van der Waals surface area contributed by atoms with Crippen LogP contribution in [0, 0.1) is 0 Å². The number of hydrogen-bond acceptors (Lipinski definition) is 4. The van der Waals surface area contributed by atoms with E-state index in [1.807, 2.05) is 66.7 Å². The monoisotopic (exact) mass is 501 g/mol. The first-order valence-corrected chi connectivity index (χ1v) is 11.3. The van der Waals surface area contributed by atoms with E-state index in [1.54, 1.807) is 15.6 Å². The van der Waals surface area contributed by atoms with Gasteiger partial charge in [-0.1, -0.05) is 64.5 Å². The largest absolute Gasteiger partial charge is 0.350 e. The van der Waals surface area contributed by atoms with Crippen LogP contribution in [0.1, 0.15) is 15.9 Å². The minimum atomic E-state index is -0.145. The van der Waals surface area contributed by atoms with Crippen LogP contribution >= 0.6 is 15.9 Å². The molecule has 0 unspecified atom stereocenters. The maximum Gasteiger partial charge on any atom is 0.264 e. The van der Waals surface area contributed by atoms with Crippen LogP contribution in [-0.2, 0) is 13.1 Å². The summed E-state index contributed by atoms with van der Waals surface area (Å²) in [5.41, 5.74) is 2.00. The molecule has 0 fully saturated rings. The van der Waals surface area contributed by atoms with Gasteiger partial charge in [0.15, 0.2) is 5.65 Å². The topological polar surface area (TPSA) is 81.8 Å². The molecule has 1 amide bonds. The Balaban J connectivity index is 1.29.